The Kier molecular flexibility index (Phi) is 9.96. The van der Waals surface area contributed by atoms with Gasteiger partial charge >= 0.3 is 11.9 Å². The van der Waals surface area contributed by atoms with E-state index in [0.29, 0.717) is 21.5 Å². The summed E-state index contributed by atoms with van der Waals surface area (Å²) in [7, 11) is 0. The molecule has 0 aliphatic rings. The van der Waals surface area contributed by atoms with Gasteiger partial charge in [0.05, 0.1) is 19.3 Å². The average molecular weight is 536 g/mol. The van der Waals surface area contributed by atoms with E-state index in [9.17, 15) is 14.4 Å². The fourth-order valence-corrected chi connectivity index (χ4v) is 3.11. The van der Waals surface area contributed by atoms with Crippen LogP contribution in [0, 0.1) is 0 Å². The number of ether oxygens (including phenoxy) is 4. The predicted molar refractivity (Wildman–Crippen MR) is 132 cm³/mol. The van der Waals surface area contributed by atoms with Crippen molar-refractivity contribution in [2.24, 2.45) is 0 Å². The van der Waals surface area contributed by atoms with Gasteiger partial charge in [0, 0.05) is 10.0 Å². The first-order valence-electron chi connectivity index (χ1n) is 10.8. The number of benzene rings is 2. The number of anilines is 1. The minimum atomic E-state index is -0.661. The number of halogens is 2. The lowest BCUT2D eigenvalue weighted by molar-refractivity contribution is -0.146. The molecule has 0 radical (unpaired) electrons. The molecule has 0 unspecified atom stereocenters. The van der Waals surface area contributed by atoms with Gasteiger partial charge in [0.25, 0.3) is 5.91 Å². The Morgan fingerprint density at radius 2 is 1.47 bits per heavy atom. The molecule has 1 aromatic heterocycles. The summed E-state index contributed by atoms with van der Waals surface area (Å²) in [4.78, 5) is 36.8. The maximum absolute atomic E-state index is 12.5. The van der Waals surface area contributed by atoms with Crippen molar-refractivity contribution in [1.29, 1.82) is 0 Å². The van der Waals surface area contributed by atoms with Crippen LogP contribution in [0.25, 0.3) is 0 Å². The SMILES string of the molecule is CCOC(=O)c1cnn(CCOC(=O)COc2ccc(Cl)cc2)c1NC(=O)COc1ccc(Cl)cc1. The first-order chi connectivity index (χ1) is 17.4. The molecule has 1 heterocycles. The minimum Gasteiger partial charge on any atom is -0.484 e. The zero-order chi connectivity index (χ0) is 25.9. The van der Waals surface area contributed by atoms with Gasteiger partial charge in [-0.05, 0) is 55.5 Å². The number of nitrogens with zero attached hydrogens (tertiary/aromatic N) is 2. The van der Waals surface area contributed by atoms with Gasteiger partial charge in [0.2, 0.25) is 0 Å². The molecule has 1 N–H and O–H groups in total. The summed E-state index contributed by atoms with van der Waals surface area (Å²) in [5.41, 5.74) is 0.0501. The first-order valence-corrected chi connectivity index (χ1v) is 11.6. The molecule has 1 amide bonds. The monoisotopic (exact) mass is 535 g/mol. The molecule has 36 heavy (non-hydrogen) atoms. The standard InChI is InChI=1S/C24H23Cl2N3O7/c1-2-33-24(32)20-13-27-29(11-12-34-22(31)15-36-19-9-5-17(26)6-10-19)23(20)28-21(30)14-35-18-7-3-16(25)4-8-18/h3-10,13H,2,11-12,14-15H2,1H3,(H,28,30). The first kappa shape index (κ1) is 26.8. The normalized spacial score (nSPS) is 10.4. The van der Waals surface area contributed by atoms with Gasteiger partial charge in [-0.3, -0.25) is 4.79 Å². The summed E-state index contributed by atoms with van der Waals surface area (Å²) in [6, 6.07) is 13.0. The van der Waals surface area contributed by atoms with Crippen molar-refractivity contribution in [3.8, 4) is 11.5 Å². The number of hydrogen-bond acceptors (Lipinski definition) is 8. The molecule has 190 valence electrons. The Balaban J connectivity index is 1.56. The lowest BCUT2D eigenvalue weighted by Gasteiger charge is -2.12. The molecule has 3 rings (SSSR count). The smallest absolute Gasteiger partial charge is 0.344 e. The summed E-state index contributed by atoms with van der Waals surface area (Å²) in [5.74, 6) is -0.803. The topological polar surface area (TPSA) is 118 Å². The molecule has 0 aliphatic heterocycles. The zero-order valence-electron chi connectivity index (χ0n) is 19.2. The van der Waals surface area contributed by atoms with Crippen molar-refractivity contribution >= 4 is 46.9 Å². The molecule has 0 fully saturated rings. The van der Waals surface area contributed by atoms with Crippen LogP contribution in [0.3, 0.4) is 0 Å². The third-order valence-corrected chi connectivity index (χ3v) is 5.02. The second-order valence-corrected chi connectivity index (χ2v) is 7.98. The van der Waals surface area contributed by atoms with Crippen molar-refractivity contribution in [2.75, 3.05) is 31.7 Å². The molecule has 0 saturated heterocycles. The van der Waals surface area contributed by atoms with Crippen LogP contribution in [0.1, 0.15) is 17.3 Å². The third-order valence-electron chi connectivity index (χ3n) is 4.51. The number of carbonyl (C=O) groups excluding carboxylic acids is 3. The van der Waals surface area contributed by atoms with Crippen LogP contribution in [0.15, 0.2) is 54.7 Å². The van der Waals surface area contributed by atoms with Gasteiger partial charge in [0.1, 0.15) is 29.5 Å². The Labute approximate surface area is 217 Å². The molecule has 0 bridgehead atoms. The Morgan fingerprint density at radius 1 is 0.889 bits per heavy atom. The van der Waals surface area contributed by atoms with Crippen molar-refractivity contribution in [2.45, 2.75) is 13.5 Å². The highest BCUT2D eigenvalue weighted by Crippen LogP contribution is 2.19. The second kappa shape index (κ2) is 13.4. The van der Waals surface area contributed by atoms with E-state index < -0.39 is 17.8 Å². The van der Waals surface area contributed by atoms with Crippen LogP contribution < -0.4 is 14.8 Å². The fourth-order valence-electron chi connectivity index (χ4n) is 2.85. The van der Waals surface area contributed by atoms with E-state index in [1.54, 1.807) is 55.5 Å². The molecule has 12 heteroatoms. The molecule has 3 aromatic rings. The highest BCUT2D eigenvalue weighted by atomic mass is 35.5. The van der Waals surface area contributed by atoms with Crippen LogP contribution in [0.2, 0.25) is 10.0 Å². The summed E-state index contributed by atoms with van der Waals surface area (Å²) in [5, 5.41) is 7.79. The summed E-state index contributed by atoms with van der Waals surface area (Å²) in [6.45, 7) is 1.14. The largest absolute Gasteiger partial charge is 0.484 e. The van der Waals surface area contributed by atoms with Crippen molar-refractivity contribution in [1.82, 2.24) is 9.78 Å². The average Bonchev–Trinajstić information content (AvgIpc) is 3.25. The number of nitrogens with one attached hydrogen (secondary N) is 1. The van der Waals surface area contributed by atoms with Crippen LogP contribution in [0.4, 0.5) is 5.82 Å². The molecule has 2 aromatic carbocycles. The quantitative estimate of drug-likeness (QED) is 0.345. The lowest BCUT2D eigenvalue weighted by atomic mass is 10.3. The van der Waals surface area contributed by atoms with Crippen molar-refractivity contribution < 1.29 is 33.3 Å². The van der Waals surface area contributed by atoms with Crippen LogP contribution >= 0.6 is 23.2 Å². The maximum atomic E-state index is 12.5. The van der Waals surface area contributed by atoms with E-state index >= 15 is 0 Å². The van der Waals surface area contributed by atoms with E-state index in [0.717, 1.165) is 0 Å². The number of carbonyl (C=O) groups is 3. The molecule has 0 aliphatic carbocycles. The third kappa shape index (κ3) is 8.17. The van der Waals surface area contributed by atoms with Crippen molar-refractivity contribution in [3.05, 3.63) is 70.3 Å². The number of amides is 1. The highest BCUT2D eigenvalue weighted by Gasteiger charge is 2.21. The number of rotatable bonds is 12. The van der Waals surface area contributed by atoms with Gasteiger partial charge in [-0.25, -0.2) is 14.3 Å². The summed E-state index contributed by atoms with van der Waals surface area (Å²) < 4.78 is 22.3. The van der Waals surface area contributed by atoms with E-state index in [1.807, 2.05) is 0 Å². The van der Waals surface area contributed by atoms with Crippen LogP contribution in [-0.2, 0) is 25.6 Å². The predicted octanol–water partition coefficient (Wildman–Crippen LogP) is 4.01. The van der Waals surface area contributed by atoms with Gasteiger partial charge < -0.3 is 24.3 Å². The molecular weight excluding hydrogens is 513 g/mol. The number of aromatic nitrogens is 2. The number of hydrogen-bond donors (Lipinski definition) is 1. The van der Waals surface area contributed by atoms with E-state index in [4.69, 9.17) is 42.1 Å². The van der Waals surface area contributed by atoms with Gasteiger partial charge in [-0.15, -0.1) is 0 Å². The van der Waals surface area contributed by atoms with Gasteiger partial charge in [0.15, 0.2) is 13.2 Å². The fraction of sp³-hybridized carbons (Fsp3) is 0.250. The van der Waals surface area contributed by atoms with E-state index in [2.05, 4.69) is 10.4 Å². The second-order valence-electron chi connectivity index (χ2n) is 7.10. The zero-order valence-corrected chi connectivity index (χ0v) is 20.8. The van der Waals surface area contributed by atoms with E-state index in [-0.39, 0.29) is 44.4 Å². The summed E-state index contributed by atoms with van der Waals surface area (Å²) in [6.07, 6.45) is 1.26. The molecule has 0 saturated carbocycles. The van der Waals surface area contributed by atoms with E-state index in [1.165, 1.54) is 10.9 Å². The van der Waals surface area contributed by atoms with Crippen LogP contribution in [0.5, 0.6) is 11.5 Å². The Hall–Kier alpha value is -3.76. The lowest BCUT2D eigenvalue weighted by Crippen LogP contribution is -2.25. The molecule has 0 atom stereocenters. The van der Waals surface area contributed by atoms with Crippen molar-refractivity contribution in [3.63, 3.8) is 0 Å². The molecule has 10 nitrogen and oxygen atoms in total. The van der Waals surface area contributed by atoms with Crippen LogP contribution in [-0.4, -0.2) is 54.1 Å². The minimum absolute atomic E-state index is 0.0501. The highest BCUT2D eigenvalue weighted by molar-refractivity contribution is 6.30. The van der Waals surface area contributed by atoms with Gasteiger partial charge in [-0.1, -0.05) is 23.2 Å². The maximum Gasteiger partial charge on any atom is 0.344 e. The molecular formula is C24H23Cl2N3O7. The summed E-state index contributed by atoms with van der Waals surface area (Å²) >= 11 is 11.7. The Morgan fingerprint density at radius 3 is 2.06 bits per heavy atom. The number of esters is 2. The van der Waals surface area contributed by atoms with Gasteiger partial charge in [-0.2, -0.15) is 5.10 Å². The Bertz CT molecular complexity index is 1180. The molecule has 0 spiro atoms.